The van der Waals surface area contributed by atoms with Crippen LogP contribution in [-0.4, -0.2) is 25.7 Å². The summed E-state index contributed by atoms with van der Waals surface area (Å²) in [6.45, 7) is 1.49. The highest BCUT2D eigenvalue weighted by atomic mass is 35.5. The number of carbonyl (C=O) groups excluding carboxylic acids is 2. The summed E-state index contributed by atoms with van der Waals surface area (Å²) < 4.78 is 23.9. The monoisotopic (exact) mass is 329 g/mol. The van der Waals surface area contributed by atoms with E-state index in [9.17, 15) is 18.0 Å². The molecule has 7 heteroatoms. The SMILES string of the molecule is CCS(=O)(=O)N(Cl)c1ccc(C(=O)CC(=O)C2CC2)cc1. The maximum Gasteiger partial charge on any atom is 0.248 e. The van der Waals surface area contributed by atoms with Crippen molar-refractivity contribution in [3.05, 3.63) is 29.8 Å². The molecule has 21 heavy (non-hydrogen) atoms. The molecule has 0 atom stereocenters. The lowest BCUT2D eigenvalue weighted by Crippen LogP contribution is -2.22. The van der Waals surface area contributed by atoms with Crippen LogP contribution in [0.3, 0.4) is 0 Å². The summed E-state index contributed by atoms with van der Waals surface area (Å²) in [5.74, 6) is -0.330. The summed E-state index contributed by atoms with van der Waals surface area (Å²) >= 11 is 5.77. The van der Waals surface area contributed by atoms with Crippen LogP contribution in [0, 0.1) is 5.92 Å². The molecular weight excluding hydrogens is 314 g/mol. The predicted molar refractivity (Wildman–Crippen MR) is 80.9 cm³/mol. The fraction of sp³-hybridized carbons (Fsp3) is 0.429. The summed E-state index contributed by atoms with van der Waals surface area (Å²) in [6, 6.07) is 5.88. The van der Waals surface area contributed by atoms with Crippen molar-refractivity contribution in [1.82, 2.24) is 0 Å². The minimum Gasteiger partial charge on any atom is -0.299 e. The fourth-order valence-corrected chi connectivity index (χ4v) is 2.92. The molecule has 0 radical (unpaired) electrons. The molecule has 114 valence electrons. The first kappa shape index (κ1) is 16.0. The Morgan fingerprint density at radius 3 is 2.29 bits per heavy atom. The number of anilines is 1. The first-order valence-electron chi connectivity index (χ1n) is 6.70. The number of sulfonamides is 1. The average molecular weight is 330 g/mol. The maximum atomic E-state index is 11.9. The summed E-state index contributed by atoms with van der Waals surface area (Å²) in [4.78, 5) is 23.5. The molecule has 1 fully saturated rings. The third kappa shape index (κ3) is 3.83. The second kappa shape index (κ2) is 6.15. The molecule has 0 amide bonds. The van der Waals surface area contributed by atoms with Gasteiger partial charge in [-0.25, -0.2) is 8.42 Å². The van der Waals surface area contributed by atoms with Crippen molar-refractivity contribution in [3.8, 4) is 0 Å². The topological polar surface area (TPSA) is 71.5 Å². The van der Waals surface area contributed by atoms with E-state index in [2.05, 4.69) is 0 Å². The van der Waals surface area contributed by atoms with Gasteiger partial charge in [-0.15, -0.1) is 0 Å². The Hall–Kier alpha value is -1.40. The van der Waals surface area contributed by atoms with Gasteiger partial charge in [0, 0.05) is 23.3 Å². The minimum atomic E-state index is -3.55. The summed E-state index contributed by atoms with van der Waals surface area (Å²) in [5.41, 5.74) is 0.648. The van der Waals surface area contributed by atoms with Crippen LogP contribution in [0.5, 0.6) is 0 Å². The molecule has 0 unspecified atom stereocenters. The highest BCUT2D eigenvalue weighted by molar-refractivity contribution is 7.94. The van der Waals surface area contributed by atoms with Gasteiger partial charge in [-0.2, -0.15) is 3.82 Å². The number of hydrogen-bond acceptors (Lipinski definition) is 4. The van der Waals surface area contributed by atoms with Gasteiger partial charge < -0.3 is 0 Å². The fourth-order valence-electron chi connectivity index (χ4n) is 1.85. The van der Waals surface area contributed by atoms with Crippen molar-refractivity contribution in [2.75, 3.05) is 9.58 Å². The van der Waals surface area contributed by atoms with Crippen LogP contribution in [0.25, 0.3) is 0 Å². The molecule has 2 rings (SSSR count). The van der Waals surface area contributed by atoms with E-state index in [4.69, 9.17) is 11.8 Å². The quantitative estimate of drug-likeness (QED) is 0.438. The molecule has 0 aliphatic heterocycles. The van der Waals surface area contributed by atoms with Crippen LogP contribution in [0.4, 0.5) is 5.69 Å². The van der Waals surface area contributed by atoms with Gasteiger partial charge in [0.05, 0.1) is 17.9 Å². The molecule has 1 aliphatic carbocycles. The highest BCUT2D eigenvalue weighted by Crippen LogP contribution is 2.31. The van der Waals surface area contributed by atoms with Crippen molar-refractivity contribution in [2.24, 2.45) is 5.92 Å². The van der Waals surface area contributed by atoms with Gasteiger partial charge in [-0.05, 0) is 44.0 Å². The molecular formula is C14H16ClNO4S. The molecule has 0 bridgehead atoms. The lowest BCUT2D eigenvalue weighted by molar-refractivity contribution is -0.119. The average Bonchev–Trinajstić information content (AvgIpc) is 3.31. The van der Waals surface area contributed by atoms with Gasteiger partial charge in [-0.3, -0.25) is 9.59 Å². The van der Waals surface area contributed by atoms with Gasteiger partial charge in [-0.1, -0.05) is 0 Å². The number of hydrogen-bond donors (Lipinski definition) is 0. The largest absolute Gasteiger partial charge is 0.299 e. The Labute approximate surface area is 129 Å². The number of halogens is 1. The first-order chi connectivity index (χ1) is 9.85. The van der Waals surface area contributed by atoms with Crippen molar-refractivity contribution in [1.29, 1.82) is 0 Å². The van der Waals surface area contributed by atoms with Crippen LogP contribution in [-0.2, 0) is 14.8 Å². The summed E-state index contributed by atoms with van der Waals surface area (Å²) in [5, 5.41) is 0. The molecule has 1 aliphatic rings. The van der Waals surface area contributed by atoms with Gasteiger partial charge in [0.25, 0.3) is 0 Å². The second-order valence-corrected chi connectivity index (χ2v) is 7.65. The van der Waals surface area contributed by atoms with E-state index < -0.39 is 10.0 Å². The second-order valence-electron chi connectivity index (χ2n) is 5.00. The van der Waals surface area contributed by atoms with Crippen molar-refractivity contribution in [2.45, 2.75) is 26.2 Å². The third-order valence-corrected chi connectivity index (χ3v) is 5.62. The summed E-state index contributed by atoms with van der Waals surface area (Å²) in [7, 11) is -3.55. The van der Waals surface area contributed by atoms with Crippen LogP contribution in [0.15, 0.2) is 24.3 Å². The Morgan fingerprint density at radius 2 is 1.81 bits per heavy atom. The van der Waals surface area contributed by atoms with Gasteiger partial charge in [0.1, 0.15) is 5.78 Å². The highest BCUT2D eigenvalue weighted by Gasteiger charge is 2.30. The smallest absolute Gasteiger partial charge is 0.248 e. The van der Waals surface area contributed by atoms with E-state index in [0.717, 1.165) is 12.8 Å². The number of benzene rings is 1. The Balaban J connectivity index is 2.07. The van der Waals surface area contributed by atoms with E-state index in [-0.39, 0.29) is 35.3 Å². The Kier molecular flexibility index (Phi) is 4.68. The van der Waals surface area contributed by atoms with Crippen molar-refractivity contribution >= 4 is 39.1 Å². The van der Waals surface area contributed by atoms with E-state index in [1.165, 1.54) is 31.2 Å². The van der Waals surface area contributed by atoms with Crippen LogP contribution < -0.4 is 3.82 Å². The number of carbonyl (C=O) groups is 2. The molecule has 1 saturated carbocycles. The molecule has 0 aromatic heterocycles. The number of rotatable bonds is 7. The number of Topliss-reactive ketones (excluding diaryl/α,β-unsaturated/α-hetero) is 2. The zero-order chi connectivity index (χ0) is 15.6. The van der Waals surface area contributed by atoms with E-state index >= 15 is 0 Å². The molecule has 1 aromatic carbocycles. The number of nitrogens with zero attached hydrogens (tertiary/aromatic N) is 1. The first-order valence-corrected chi connectivity index (χ1v) is 8.64. The molecule has 0 heterocycles. The molecule has 5 nitrogen and oxygen atoms in total. The molecule has 1 aromatic rings. The normalized spacial score (nSPS) is 14.8. The van der Waals surface area contributed by atoms with Gasteiger partial charge in [0.15, 0.2) is 5.78 Å². The van der Waals surface area contributed by atoms with Gasteiger partial charge >= 0.3 is 0 Å². The summed E-state index contributed by atoms with van der Waals surface area (Å²) in [6.07, 6.45) is 1.66. The minimum absolute atomic E-state index is 0.0170. The maximum absolute atomic E-state index is 11.9. The van der Waals surface area contributed by atoms with Crippen LogP contribution >= 0.6 is 11.8 Å². The molecule has 0 spiro atoms. The lowest BCUT2D eigenvalue weighted by atomic mass is 10.0. The standard InChI is InChI=1S/C14H16ClNO4S/c1-2-21(19,20)16(15)12-7-5-11(6-8-12)14(18)9-13(17)10-3-4-10/h5-8,10H,2-4,9H2,1H3. The van der Waals surface area contributed by atoms with Crippen LogP contribution in [0.2, 0.25) is 0 Å². The predicted octanol–water partition coefficient (Wildman–Crippen LogP) is 2.55. The third-order valence-electron chi connectivity index (χ3n) is 3.37. The van der Waals surface area contributed by atoms with Crippen molar-refractivity contribution < 1.29 is 18.0 Å². The van der Waals surface area contributed by atoms with Crippen LogP contribution in [0.1, 0.15) is 36.5 Å². The van der Waals surface area contributed by atoms with Gasteiger partial charge in [0.2, 0.25) is 10.0 Å². The Bertz CT molecular complexity index is 650. The lowest BCUT2D eigenvalue weighted by Gasteiger charge is -2.14. The zero-order valence-electron chi connectivity index (χ0n) is 11.6. The van der Waals surface area contributed by atoms with E-state index in [1.807, 2.05) is 0 Å². The molecule has 0 saturated heterocycles. The molecule has 0 N–H and O–H groups in total. The van der Waals surface area contributed by atoms with E-state index in [0.29, 0.717) is 9.39 Å². The number of ketones is 2. The van der Waals surface area contributed by atoms with E-state index in [1.54, 1.807) is 0 Å². The Morgan fingerprint density at radius 1 is 1.24 bits per heavy atom. The zero-order valence-corrected chi connectivity index (χ0v) is 13.2. The van der Waals surface area contributed by atoms with Crippen molar-refractivity contribution in [3.63, 3.8) is 0 Å².